The molecular weight excluding hydrogens is 378 g/mol. The summed E-state index contributed by atoms with van der Waals surface area (Å²) in [5.41, 5.74) is 3.44. The molecule has 3 N–H and O–H groups in total. The highest BCUT2D eigenvalue weighted by Crippen LogP contribution is 2.22. The fourth-order valence-electron chi connectivity index (χ4n) is 2.68. The normalized spacial score (nSPS) is 11.3. The zero-order valence-electron chi connectivity index (χ0n) is 15.8. The maximum absolute atomic E-state index is 10.2. The van der Waals surface area contributed by atoms with Crippen molar-refractivity contribution in [2.75, 3.05) is 0 Å². The molecule has 0 amide bonds. The number of aliphatic hydroxyl groups is 1. The molecule has 3 rings (SSSR count). The van der Waals surface area contributed by atoms with Crippen molar-refractivity contribution in [3.05, 3.63) is 62.9 Å². The van der Waals surface area contributed by atoms with Gasteiger partial charge in [-0.15, -0.1) is 0 Å². The minimum absolute atomic E-state index is 0.0432. The number of hydrogen-bond acceptors (Lipinski definition) is 7. The number of pyridine rings is 1. The van der Waals surface area contributed by atoms with Crippen LogP contribution in [-0.2, 0) is 13.2 Å². The SMILES string of the molecule is Cc1ccc(OCc2n[nH]c(=S)n2/N=C/c2c(CO)cnc(C)c2O)c(C)c1. The number of aromatic nitrogens is 4. The summed E-state index contributed by atoms with van der Waals surface area (Å²) in [5, 5.41) is 30.9. The zero-order valence-corrected chi connectivity index (χ0v) is 16.6. The Morgan fingerprint density at radius 2 is 2.11 bits per heavy atom. The van der Waals surface area contributed by atoms with Crippen LogP contribution in [0.3, 0.4) is 0 Å². The smallest absolute Gasteiger partial charge is 0.216 e. The molecule has 0 bridgehead atoms. The third-order valence-electron chi connectivity index (χ3n) is 4.24. The lowest BCUT2D eigenvalue weighted by Gasteiger charge is -2.09. The van der Waals surface area contributed by atoms with Crippen molar-refractivity contribution in [2.24, 2.45) is 5.10 Å². The molecule has 0 radical (unpaired) electrons. The van der Waals surface area contributed by atoms with Gasteiger partial charge in [0.1, 0.15) is 18.1 Å². The summed E-state index contributed by atoms with van der Waals surface area (Å²) in [6.45, 7) is 5.54. The van der Waals surface area contributed by atoms with Crippen molar-refractivity contribution in [1.82, 2.24) is 19.9 Å². The molecule has 28 heavy (non-hydrogen) atoms. The van der Waals surface area contributed by atoms with E-state index in [4.69, 9.17) is 17.0 Å². The number of H-pyrrole nitrogens is 1. The van der Waals surface area contributed by atoms with Crippen LogP contribution < -0.4 is 4.74 Å². The molecule has 0 spiro atoms. The molecule has 9 heteroatoms. The third kappa shape index (κ3) is 4.10. The fourth-order valence-corrected chi connectivity index (χ4v) is 2.88. The minimum Gasteiger partial charge on any atom is -0.505 e. The van der Waals surface area contributed by atoms with E-state index < -0.39 is 0 Å². The molecule has 8 nitrogen and oxygen atoms in total. The van der Waals surface area contributed by atoms with Gasteiger partial charge in [-0.2, -0.15) is 14.9 Å². The molecule has 1 aromatic carbocycles. The maximum atomic E-state index is 10.2. The molecule has 0 unspecified atom stereocenters. The largest absolute Gasteiger partial charge is 0.505 e. The second-order valence-electron chi connectivity index (χ2n) is 6.35. The first-order valence-electron chi connectivity index (χ1n) is 8.59. The summed E-state index contributed by atoms with van der Waals surface area (Å²) in [4.78, 5) is 4.03. The van der Waals surface area contributed by atoms with Crippen LogP contribution in [0.5, 0.6) is 11.5 Å². The average molecular weight is 399 g/mol. The van der Waals surface area contributed by atoms with Crippen LogP contribution in [0.15, 0.2) is 29.5 Å². The van der Waals surface area contributed by atoms with Crippen LogP contribution in [0.4, 0.5) is 0 Å². The molecule has 0 atom stereocenters. The first-order valence-corrected chi connectivity index (χ1v) is 9.00. The Balaban J connectivity index is 1.87. The first kappa shape index (κ1) is 19.7. The molecule has 146 valence electrons. The van der Waals surface area contributed by atoms with Crippen molar-refractivity contribution in [2.45, 2.75) is 34.0 Å². The molecule has 2 heterocycles. The standard InChI is InChI=1S/C19H21N5O3S/c1-11-4-5-16(12(2)6-11)27-10-17-22-23-19(28)24(17)21-8-15-14(9-25)7-20-13(3)18(15)26/h4-8,25-26H,9-10H2,1-3H3,(H,23,28)/b21-8+. The maximum Gasteiger partial charge on any atom is 0.216 e. The summed E-state index contributed by atoms with van der Waals surface area (Å²) in [5.74, 6) is 1.18. The quantitative estimate of drug-likeness (QED) is 0.434. The topological polar surface area (TPSA) is 109 Å². The van der Waals surface area contributed by atoms with Crippen molar-refractivity contribution in [3.8, 4) is 11.5 Å². The van der Waals surface area contributed by atoms with E-state index >= 15 is 0 Å². The first-order chi connectivity index (χ1) is 13.4. The molecule has 0 aliphatic carbocycles. The highest BCUT2D eigenvalue weighted by Gasteiger charge is 2.11. The Morgan fingerprint density at radius 1 is 1.32 bits per heavy atom. The average Bonchev–Trinajstić information content (AvgIpc) is 3.02. The Morgan fingerprint density at radius 3 is 2.82 bits per heavy atom. The van der Waals surface area contributed by atoms with Crippen molar-refractivity contribution >= 4 is 18.4 Å². The fraction of sp³-hybridized carbons (Fsp3) is 0.263. The van der Waals surface area contributed by atoms with Crippen LogP contribution in [0.1, 0.15) is 33.8 Å². The molecule has 3 aromatic rings. The number of aromatic hydroxyl groups is 1. The summed E-state index contributed by atoms with van der Waals surface area (Å²) in [7, 11) is 0. The summed E-state index contributed by atoms with van der Waals surface area (Å²) < 4.78 is 7.54. The number of aryl methyl sites for hydroxylation is 3. The molecule has 0 fully saturated rings. The van der Waals surface area contributed by atoms with Crippen molar-refractivity contribution < 1.29 is 14.9 Å². The predicted molar refractivity (Wildman–Crippen MR) is 107 cm³/mol. The number of nitrogens with one attached hydrogen (secondary N) is 1. The van der Waals surface area contributed by atoms with E-state index in [0.29, 0.717) is 22.6 Å². The summed E-state index contributed by atoms with van der Waals surface area (Å²) in [6.07, 6.45) is 2.91. The highest BCUT2D eigenvalue weighted by molar-refractivity contribution is 7.71. The van der Waals surface area contributed by atoms with Gasteiger partial charge in [-0.25, -0.2) is 5.10 Å². The Labute approximate surface area is 167 Å². The third-order valence-corrected chi connectivity index (χ3v) is 4.50. The Kier molecular flexibility index (Phi) is 5.86. The van der Waals surface area contributed by atoms with Gasteiger partial charge in [0.05, 0.1) is 18.5 Å². The molecule has 0 aliphatic rings. The van der Waals surface area contributed by atoms with E-state index in [1.54, 1.807) is 6.92 Å². The van der Waals surface area contributed by atoms with Gasteiger partial charge < -0.3 is 14.9 Å². The molecule has 0 saturated heterocycles. The van der Waals surface area contributed by atoms with E-state index in [-0.39, 0.29) is 23.7 Å². The van der Waals surface area contributed by atoms with Gasteiger partial charge in [-0.05, 0) is 44.6 Å². The van der Waals surface area contributed by atoms with E-state index in [1.165, 1.54) is 17.1 Å². The highest BCUT2D eigenvalue weighted by atomic mass is 32.1. The van der Waals surface area contributed by atoms with Crippen molar-refractivity contribution in [3.63, 3.8) is 0 Å². The molecule has 0 saturated carbocycles. The number of aromatic amines is 1. The lowest BCUT2D eigenvalue weighted by Crippen LogP contribution is -2.06. The predicted octanol–water partition coefficient (Wildman–Crippen LogP) is 2.92. The monoisotopic (exact) mass is 399 g/mol. The minimum atomic E-state index is -0.276. The zero-order chi connectivity index (χ0) is 20.3. The van der Waals surface area contributed by atoms with Crippen LogP contribution in [0, 0.1) is 25.5 Å². The van der Waals surface area contributed by atoms with Crippen LogP contribution in [-0.4, -0.2) is 36.3 Å². The van der Waals surface area contributed by atoms with Gasteiger partial charge >= 0.3 is 0 Å². The van der Waals surface area contributed by atoms with E-state index in [9.17, 15) is 10.2 Å². The number of ether oxygens (including phenoxy) is 1. The molecule has 0 aliphatic heterocycles. The van der Waals surface area contributed by atoms with Gasteiger partial charge in [-0.1, -0.05) is 17.7 Å². The van der Waals surface area contributed by atoms with Gasteiger partial charge in [0.2, 0.25) is 4.77 Å². The lowest BCUT2D eigenvalue weighted by atomic mass is 10.1. The Hall–Kier alpha value is -3.04. The lowest BCUT2D eigenvalue weighted by molar-refractivity contribution is 0.280. The van der Waals surface area contributed by atoms with E-state index in [1.807, 2.05) is 32.0 Å². The molecule has 2 aromatic heterocycles. The second-order valence-corrected chi connectivity index (χ2v) is 6.73. The van der Waals surface area contributed by atoms with Gasteiger partial charge in [0.15, 0.2) is 5.82 Å². The number of aliphatic hydroxyl groups excluding tert-OH is 1. The summed E-state index contributed by atoms with van der Waals surface area (Å²) in [6, 6.07) is 5.92. The van der Waals surface area contributed by atoms with E-state index in [2.05, 4.69) is 20.3 Å². The van der Waals surface area contributed by atoms with E-state index in [0.717, 1.165) is 16.9 Å². The summed E-state index contributed by atoms with van der Waals surface area (Å²) >= 11 is 5.23. The van der Waals surface area contributed by atoms with Crippen molar-refractivity contribution in [1.29, 1.82) is 0 Å². The second kappa shape index (κ2) is 8.32. The van der Waals surface area contributed by atoms with Crippen LogP contribution in [0.2, 0.25) is 0 Å². The van der Waals surface area contributed by atoms with Crippen LogP contribution in [0.25, 0.3) is 0 Å². The van der Waals surface area contributed by atoms with Crippen LogP contribution >= 0.6 is 12.2 Å². The van der Waals surface area contributed by atoms with Gasteiger partial charge in [0, 0.05) is 17.3 Å². The van der Waals surface area contributed by atoms with Gasteiger partial charge in [-0.3, -0.25) is 4.98 Å². The number of rotatable bonds is 6. The molecular formula is C19H21N5O3S. The number of benzene rings is 1. The Bertz CT molecular complexity index is 1090. The number of nitrogens with zero attached hydrogens (tertiary/aromatic N) is 4. The number of hydrogen-bond donors (Lipinski definition) is 3. The van der Waals surface area contributed by atoms with Gasteiger partial charge in [0.25, 0.3) is 0 Å².